The lowest BCUT2D eigenvalue weighted by molar-refractivity contribution is 0.670. The van der Waals surface area contributed by atoms with Gasteiger partial charge in [-0.25, -0.2) is 4.98 Å². The summed E-state index contributed by atoms with van der Waals surface area (Å²) < 4.78 is 10.2. The number of rotatable bonds is 6. The van der Waals surface area contributed by atoms with Gasteiger partial charge in [0.25, 0.3) is 0 Å². The number of anilines is 3. The van der Waals surface area contributed by atoms with E-state index in [4.69, 9.17) is 9.40 Å². The van der Waals surface area contributed by atoms with E-state index in [9.17, 15) is 0 Å². The summed E-state index contributed by atoms with van der Waals surface area (Å²) in [6.07, 6.45) is 0. The van der Waals surface area contributed by atoms with Crippen LogP contribution >= 0.6 is 22.7 Å². The van der Waals surface area contributed by atoms with Crippen molar-refractivity contribution in [3.63, 3.8) is 0 Å². The third-order valence-corrected chi connectivity index (χ3v) is 12.5. The fraction of sp³-hybridized carbons (Fsp3) is 0. The van der Waals surface area contributed by atoms with Crippen molar-refractivity contribution in [3.8, 4) is 32.8 Å². The van der Waals surface area contributed by atoms with E-state index in [2.05, 4.69) is 175 Å². The van der Waals surface area contributed by atoms with Crippen LogP contribution in [0.1, 0.15) is 0 Å². The van der Waals surface area contributed by atoms with Crippen molar-refractivity contribution in [2.24, 2.45) is 0 Å². The molecule has 0 N–H and O–H groups in total. The minimum Gasteiger partial charge on any atom is -0.455 e. The first kappa shape index (κ1) is 31.0. The van der Waals surface area contributed by atoms with E-state index in [-0.39, 0.29) is 0 Å². The minimum absolute atomic E-state index is 0.901. The lowest BCUT2D eigenvalue weighted by Crippen LogP contribution is -2.10. The van der Waals surface area contributed by atoms with E-state index < -0.39 is 0 Å². The number of thiazole rings is 1. The Kier molecular flexibility index (Phi) is 7.22. The van der Waals surface area contributed by atoms with Gasteiger partial charge in [-0.3, -0.25) is 0 Å². The Hall–Kier alpha value is -6.53. The summed E-state index contributed by atoms with van der Waals surface area (Å²) in [5.74, 6) is 0. The van der Waals surface area contributed by atoms with Crippen molar-refractivity contribution in [2.45, 2.75) is 0 Å². The molecule has 11 rings (SSSR count). The Morgan fingerprint density at radius 3 is 1.93 bits per heavy atom. The largest absolute Gasteiger partial charge is 0.455 e. The molecule has 0 radical (unpaired) electrons. The van der Waals surface area contributed by atoms with Crippen molar-refractivity contribution in [1.82, 2.24) is 4.98 Å². The van der Waals surface area contributed by atoms with E-state index in [1.807, 2.05) is 23.5 Å². The van der Waals surface area contributed by atoms with Gasteiger partial charge >= 0.3 is 0 Å². The SMILES string of the molecule is c1ccc(-c2ccc(N(c3cccc(-c4cccc5c4oc4ccccc45)c3)c3ccc4sc5ccc6sc(-c7ccccc7)nc6c5c4c3)cc2)cc1. The third-order valence-electron chi connectivity index (χ3n) is 10.3. The van der Waals surface area contributed by atoms with Gasteiger partial charge in [0.2, 0.25) is 0 Å². The Labute approximate surface area is 319 Å². The maximum Gasteiger partial charge on any atom is 0.143 e. The Balaban J connectivity index is 1.10. The van der Waals surface area contributed by atoms with E-state index >= 15 is 0 Å². The highest BCUT2D eigenvalue weighted by atomic mass is 32.1. The Morgan fingerprint density at radius 2 is 1.07 bits per heavy atom. The maximum absolute atomic E-state index is 6.49. The quantitative estimate of drug-likeness (QED) is 0.171. The average Bonchev–Trinajstić information content (AvgIpc) is 3.95. The molecule has 0 atom stereocenters. The van der Waals surface area contributed by atoms with Gasteiger partial charge in [-0.1, -0.05) is 121 Å². The summed E-state index contributed by atoms with van der Waals surface area (Å²) >= 11 is 3.59. The Morgan fingerprint density at radius 1 is 0.426 bits per heavy atom. The second-order valence-corrected chi connectivity index (χ2v) is 15.6. The zero-order valence-corrected chi connectivity index (χ0v) is 30.6. The molecular weight excluding hydrogens is 697 g/mol. The molecule has 0 saturated heterocycles. The molecule has 3 heterocycles. The summed E-state index contributed by atoms with van der Waals surface area (Å²) in [7, 11) is 0. The smallest absolute Gasteiger partial charge is 0.143 e. The van der Waals surface area contributed by atoms with Crippen LogP contribution in [-0.4, -0.2) is 4.98 Å². The summed E-state index contributed by atoms with van der Waals surface area (Å²) in [5, 5.41) is 5.74. The van der Waals surface area contributed by atoms with Crippen LogP contribution in [0.5, 0.6) is 0 Å². The number of benzene rings is 8. The van der Waals surface area contributed by atoms with Gasteiger partial charge in [0, 0.05) is 59.1 Å². The molecule has 3 aromatic heterocycles. The van der Waals surface area contributed by atoms with Crippen molar-refractivity contribution in [2.75, 3.05) is 4.90 Å². The van der Waals surface area contributed by atoms with Crippen LogP contribution in [0.2, 0.25) is 0 Å². The Bertz CT molecular complexity index is 3160. The van der Waals surface area contributed by atoms with Crippen molar-refractivity contribution in [3.05, 3.63) is 182 Å². The molecule has 0 bridgehead atoms. The molecule has 11 aromatic rings. The molecule has 5 heteroatoms. The zero-order chi connectivity index (χ0) is 35.6. The number of thiophene rings is 1. The first-order valence-electron chi connectivity index (χ1n) is 18.0. The fourth-order valence-corrected chi connectivity index (χ4v) is 9.82. The van der Waals surface area contributed by atoms with Crippen molar-refractivity contribution >= 4 is 92.1 Å². The topological polar surface area (TPSA) is 29.3 Å². The first-order chi connectivity index (χ1) is 26.7. The van der Waals surface area contributed by atoms with Crippen LogP contribution in [0.15, 0.2) is 186 Å². The number of furan rings is 1. The number of hydrogen-bond acceptors (Lipinski definition) is 5. The van der Waals surface area contributed by atoms with Gasteiger partial charge in [-0.2, -0.15) is 0 Å². The summed E-state index contributed by atoms with van der Waals surface area (Å²) in [5.41, 5.74) is 11.8. The molecule has 0 saturated carbocycles. The van der Waals surface area contributed by atoms with Gasteiger partial charge < -0.3 is 9.32 Å². The van der Waals surface area contributed by atoms with Gasteiger partial charge in [0.15, 0.2) is 0 Å². The molecule has 54 heavy (non-hydrogen) atoms. The lowest BCUT2D eigenvalue weighted by Gasteiger charge is -2.26. The predicted octanol–water partition coefficient (Wildman–Crippen LogP) is 15.0. The number of aromatic nitrogens is 1. The van der Waals surface area contributed by atoms with Crippen LogP contribution < -0.4 is 4.90 Å². The molecule has 0 aliphatic heterocycles. The normalized spacial score (nSPS) is 11.7. The van der Waals surface area contributed by atoms with Crippen LogP contribution in [0.25, 0.3) is 85.2 Å². The van der Waals surface area contributed by atoms with Crippen LogP contribution in [0.4, 0.5) is 17.1 Å². The van der Waals surface area contributed by atoms with E-state index in [0.717, 1.165) is 66.2 Å². The first-order valence-corrected chi connectivity index (χ1v) is 19.7. The van der Waals surface area contributed by atoms with E-state index in [1.54, 1.807) is 11.3 Å². The summed E-state index contributed by atoms with van der Waals surface area (Å²) in [6.45, 7) is 0. The highest BCUT2D eigenvalue weighted by Gasteiger charge is 2.19. The molecule has 0 amide bonds. The maximum atomic E-state index is 6.49. The minimum atomic E-state index is 0.901. The van der Waals surface area contributed by atoms with Crippen molar-refractivity contribution < 1.29 is 4.42 Å². The predicted molar refractivity (Wildman–Crippen MR) is 231 cm³/mol. The fourth-order valence-electron chi connectivity index (χ4n) is 7.75. The summed E-state index contributed by atoms with van der Waals surface area (Å²) in [6, 6.07) is 64.9. The van der Waals surface area contributed by atoms with Gasteiger partial charge in [0.05, 0.1) is 10.2 Å². The highest BCUT2D eigenvalue weighted by molar-refractivity contribution is 7.26. The number of hydrogen-bond donors (Lipinski definition) is 0. The number of para-hydroxylation sites is 2. The molecule has 8 aromatic carbocycles. The molecule has 0 fully saturated rings. The zero-order valence-electron chi connectivity index (χ0n) is 28.9. The highest BCUT2D eigenvalue weighted by Crippen LogP contribution is 2.45. The van der Waals surface area contributed by atoms with E-state index in [0.29, 0.717) is 0 Å². The lowest BCUT2D eigenvalue weighted by atomic mass is 10.0. The molecule has 3 nitrogen and oxygen atoms in total. The van der Waals surface area contributed by atoms with Gasteiger partial charge in [-0.15, -0.1) is 22.7 Å². The van der Waals surface area contributed by atoms with Crippen LogP contribution in [0.3, 0.4) is 0 Å². The second kappa shape index (κ2) is 12.6. The number of fused-ring (bicyclic) bond motifs is 8. The standard InChI is InChI=1S/C49H30N2OS2/c1-3-11-31(12-4-1)32-21-23-35(24-22-32)51(36-16-9-15-34(29-36)38-18-10-19-40-39-17-7-8-20-42(39)52-48(38)40)37-25-26-43-41(30-37)46-44(53-43)27-28-45-47(46)50-49(54-45)33-13-5-2-6-14-33/h1-30H. The molecular formula is C49H30N2OS2. The summed E-state index contributed by atoms with van der Waals surface area (Å²) in [4.78, 5) is 7.62. The number of nitrogens with zero attached hydrogens (tertiary/aromatic N) is 2. The molecule has 0 unspecified atom stereocenters. The van der Waals surface area contributed by atoms with Crippen LogP contribution in [-0.2, 0) is 0 Å². The molecule has 254 valence electrons. The molecule has 0 aliphatic carbocycles. The third kappa shape index (κ3) is 5.12. The second-order valence-electron chi connectivity index (χ2n) is 13.5. The van der Waals surface area contributed by atoms with E-state index in [1.165, 1.54) is 36.0 Å². The molecule has 0 spiro atoms. The van der Waals surface area contributed by atoms with Crippen LogP contribution in [0, 0.1) is 0 Å². The average molecular weight is 727 g/mol. The van der Waals surface area contributed by atoms with Crippen molar-refractivity contribution in [1.29, 1.82) is 0 Å². The van der Waals surface area contributed by atoms with Gasteiger partial charge in [-0.05, 0) is 77.4 Å². The molecule has 0 aliphatic rings. The van der Waals surface area contributed by atoms with Gasteiger partial charge in [0.1, 0.15) is 16.2 Å². The monoisotopic (exact) mass is 726 g/mol.